The maximum atomic E-state index is 12.7. The predicted octanol–water partition coefficient (Wildman–Crippen LogP) is 3.70. The lowest BCUT2D eigenvalue weighted by molar-refractivity contribution is 0.143. The van der Waals surface area contributed by atoms with Crippen molar-refractivity contribution in [1.29, 1.82) is 5.26 Å². The number of ether oxygens (including phenoxy) is 1. The van der Waals surface area contributed by atoms with Gasteiger partial charge in [0.2, 0.25) is 0 Å². The molecular formula is C22H26N4O2. The van der Waals surface area contributed by atoms with Crippen LogP contribution in [0.15, 0.2) is 48.5 Å². The molecule has 146 valence electrons. The summed E-state index contributed by atoms with van der Waals surface area (Å²) in [6, 6.07) is 17.2. The van der Waals surface area contributed by atoms with E-state index in [1.165, 1.54) is 5.56 Å². The molecule has 1 aliphatic heterocycles. The monoisotopic (exact) mass is 378 g/mol. The summed E-state index contributed by atoms with van der Waals surface area (Å²) in [4.78, 5) is 16.8. The van der Waals surface area contributed by atoms with Crippen LogP contribution in [0.1, 0.15) is 25.0 Å². The van der Waals surface area contributed by atoms with Gasteiger partial charge in [-0.2, -0.15) is 5.26 Å². The normalized spacial score (nSPS) is 14.6. The zero-order chi connectivity index (χ0) is 19.9. The Labute approximate surface area is 166 Å². The van der Waals surface area contributed by atoms with E-state index in [1.807, 2.05) is 67.3 Å². The number of nitrogens with one attached hydrogen (secondary N) is 1. The van der Waals surface area contributed by atoms with Crippen LogP contribution in [0, 0.1) is 11.3 Å². The number of nitriles is 1. The van der Waals surface area contributed by atoms with E-state index in [2.05, 4.69) is 16.3 Å². The highest BCUT2D eigenvalue weighted by Gasteiger charge is 2.22. The lowest BCUT2D eigenvalue weighted by Gasteiger charge is -2.34. The van der Waals surface area contributed by atoms with Gasteiger partial charge in [-0.05, 0) is 43.7 Å². The first-order chi connectivity index (χ1) is 13.5. The van der Waals surface area contributed by atoms with Gasteiger partial charge in [0, 0.05) is 32.7 Å². The van der Waals surface area contributed by atoms with E-state index in [0.717, 1.165) is 19.6 Å². The topological polar surface area (TPSA) is 68.6 Å². The zero-order valence-electron chi connectivity index (χ0n) is 16.4. The summed E-state index contributed by atoms with van der Waals surface area (Å²) >= 11 is 0. The number of urea groups is 1. The Hall–Kier alpha value is -3.04. The van der Waals surface area contributed by atoms with E-state index in [-0.39, 0.29) is 12.1 Å². The Morgan fingerprint density at radius 1 is 1.11 bits per heavy atom. The SMILES string of the molecule is CC(C)Oc1ccccc1NC(=O)N1CCN(Cc2ccc(C#N)cc2)CC1. The van der Waals surface area contributed by atoms with Gasteiger partial charge in [-0.1, -0.05) is 24.3 Å². The molecule has 0 spiro atoms. The minimum atomic E-state index is -0.0992. The van der Waals surface area contributed by atoms with Gasteiger partial charge in [-0.25, -0.2) is 4.79 Å². The van der Waals surface area contributed by atoms with E-state index in [0.29, 0.717) is 30.1 Å². The molecule has 0 radical (unpaired) electrons. The fraction of sp³-hybridized carbons (Fsp3) is 0.364. The van der Waals surface area contributed by atoms with Crippen LogP contribution in [-0.2, 0) is 6.54 Å². The molecule has 0 unspecified atom stereocenters. The average Bonchev–Trinajstić information content (AvgIpc) is 2.70. The summed E-state index contributed by atoms with van der Waals surface area (Å²) in [7, 11) is 0. The smallest absolute Gasteiger partial charge is 0.322 e. The molecule has 28 heavy (non-hydrogen) atoms. The lowest BCUT2D eigenvalue weighted by atomic mass is 10.1. The Kier molecular flexibility index (Phi) is 6.51. The van der Waals surface area contributed by atoms with Crippen LogP contribution in [0.25, 0.3) is 0 Å². The molecule has 1 heterocycles. The lowest BCUT2D eigenvalue weighted by Crippen LogP contribution is -2.49. The molecule has 1 fully saturated rings. The molecule has 2 aromatic rings. The summed E-state index contributed by atoms with van der Waals surface area (Å²) in [6.45, 7) is 7.74. The van der Waals surface area contributed by atoms with Gasteiger partial charge in [0.1, 0.15) is 5.75 Å². The van der Waals surface area contributed by atoms with Crippen molar-refractivity contribution < 1.29 is 9.53 Å². The number of hydrogen-bond acceptors (Lipinski definition) is 4. The average molecular weight is 378 g/mol. The Morgan fingerprint density at radius 2 is 1.79 bits per heavy atom. The number of amides is 2. The van der Waals surface area contributed by atoms with Crippen molar-refractivity contribution in [2.75, 3.05) is 31.5 Å². The number of nitrogens with zero attached hydrogens (tertiary/aromatic N) is 3. The second-order valence-corrected chi connectivity index (χ2v) is 7.16. The molecule has 0 aromatic heterocycles. The van der Waals surface area contributed by atoms with Crippen LogP contribution in [0.3, 0.4) is 0 Å². The van der Waals surface area contributed by atoms with Gasteiger partial charge >= 0.3 is 6.03 Å². The maximum absolute atomic E-state index is 12.7. The first-order valence-electron chi connectivity index (χ1n) is 9.58. The fourth-order valence-corrected chi connectivity index (χ4v) is 3.17. The van der Waals surface area contributed by atoms with Crippen LogP contribution < -0.4 is 10.1 Å². The van der Waals surface area contributed by atoms with Crippen molar-refractivity contribution in [1.82, 2.24) is 9.80 Å². The highest BCUT2D eigenvalue weighted by molar-refractivity contribution is 5.91. The molecule has 6 heteroatoms. The summed E-state index contributed by atoms with van der Waals surface area (Å²) in [5.41, 5.74) is 2.55. The third kappa shape index (κ3) is 5.24. The Morgan fingerprint density at radius 3 is 2.43 bits per heavy atom. The second-order valence-electron chi connectivity index (χ2n) is 7.16. The van der Waals surface area contributed by atoms with E-state index in [1.54, 1.807) is 0 Å². The molecule has 1 saturated heterocycles. The van der Waals surface area contributed by atoms with Crippen molar-refractivity contribution in [3.63, 3.8) is 0 Å². The molecule has 0 saturated carbocycles. The van der Waals surface area contributed by atoms with Crippen molar-refractivity contribution >= 4 is 11.7 Å². The number of carbonyl (C=O) groups is 1. The fourth-order valence-electron chi connectivity index (χ4n) is 3.17. The Balaban J connectivity index is 1.52. The van der Waals surface area contributed by atoms with Crippen molar-refractivity contribution in [3.05, 3.63) is 59.7 Å². The predicted molar refractivity (Wildman–Crippen MR) is 109 cm³/mol. The summed E-state index contributed by atoms with van der Waals surface area (Å²) < 4.78 is 5.77. The van der Waals surface area contributed by atoms with E-state index in [9.17, 15) is 4.79 Å². The Bertz CT molecular complexity index is 834. The molecule has 3 rings (SSSR count). The summed E-state index contributed by atoms with van der Waals surface area (Å²) in [6.07, 6.45) is 0.0452. The number of para-hydroxylation sites is 2. The third-order valence-electron chi connectivity index (χ3n) is 4.64. The first-order valence-corrected chi connectivity index (χ1v) is 9.58. The van der Waals surface area contributed by atoms with Gasteiger partial charge < -0.3 is 15.0 Å². The molecule has 0 aliphatic carbocycles. The minimum Gasteiger partial charge on any atom is -0.489 e. The molecular weight excluding hydrogens is 352 g/mol. The van der Waals surface area contributed by atoms with Gasteiger partial charge in [0.25, 0.3) is 0 Å². The highest BCUT2D eigenvalue weighted by Crippen LogP contribution is 2.25. The quantitative estimate of drug-likeness (QED) is 0.861. The molecule has 2 aromatic carbocycles. The third-order valence-corrected chi connectivity index (χ3v) is 4.64. The standard InChI is InChI=1S/C22H26N4O2/c1-17(2)28-21-6-4-3-5-20(21)24-22(27)26-13-11-25(12-14-26)16-19-9-7-18(15-23)8-10-19/h3-10,17H,11-14,16H2,1-2H3,(H,24,27). The molecule has 6 nitrogen and oxygen atoms in total. The number of piperazine rings is 1. The van der Waals surface area contributed by atoms with E-state index in [4.69, 9.17) is 10.00 Å². The van der Waals surface area contributed by atoms with Gasteiger partial charge in [-0.3, -0.25) is 4.90 Å². The first kappa shape index (κ1) is 19.7. The number of anilines is 1. The second kappa shape index (κ2) is 9.25. The molecule has 1 aliphatic rings. The number of carbonyl (C=O) groups excluding carboxylic acids is 1. The van der Waals surface area contributed by atoms with Crippen molar-refractivity contribution in [3.8, 4) is 11.8 Å². The summed E-state index contributed by atoms with van der Waals surface area (Å²) in [5.74, 6) is 0.685. The largest absolute Gasteiger partial charge is 0.489 e. The molecule has 0 atom stereocenters. The highest BCUT2D eigenvalue weighted by atomic mass is 16.5. The number of hydrogen-bond donors (Lipinski definition) is 1. The minimum absolute atomic E-state index is 0.0452. The number of benzene rings is 2. The van der Waals surface area contributed by atoms with Crippen LogP contribution in [0.2, 0.25) is 0 Å². The molecule has 1 N–H and O–H groups in total. The zero-order valence-corrected chi connectivity index (χ0v) is 16.4. The van der Waals surface area contributed by atoms with E-state index >= 15 is 0 Å². The van der Waals surface area contributed by atoms with E-state index < -0.39 is 0 Å². The van der Waals surface area contributed by atoms with Gasteiger partial charge in [0.05, 0.1) is 23.4 Å². The molecule has 0 bridgehead atoms. The van der Waals surface area contributed by atoms with Gasteiger partial charge in [0.15, 0.2) is 0 Å². The van der Waals surface area contributed by atoms with Crippen molar-refractivity contribution in [2.45, 2.75) is 26.5 Å². The van der Waals surface area contributed by atoms with Crippen LogP contribution >= 0.6 is 0 Å². The van der Waals surface area contributed by atoms with Crippen LogP contribution in [-0.4, -0.2) is 48.1 Å². The maximum Gasteiger partial charge on any atom is 0.322 e. The molecule has 2 amide bonds. The van der Waals surface area contributed by atoms with Crippen LogP contribution in [0.5, 0.6) is 5.75 Å². The van der Waals surface area contributed by atoms with Crippen molar-refractivity contribution in [2.24, 2.45) is 0 Å². The summed E-state index contributed by atoms with van der Waals surface area (Å²) in [5, 5.41) is 11.9. The van der Waals surface area contributed by atoms with Gasteiger partial charge in [-0.15, -0.1) is 0 Å². The number of rotatable bonds is 5. The van der Waals surface area contributed by atoms with Crippen LogP contribution in [0.4, 0.5) is 10.5 Å².